The van der Waals surface area contributed by atoms with Crippen LogP contribution >= 0.6 is 0 Å². The largest absolute Gasteiger partial charge is 0.497 e. The van der Waals surface area contributed by atoms with Crippen LogP contribution in [0.25, 0.3) is 16.8 Å². The maximum atomic E-state index is 5.21. The lowest BCUT2D eigenvalue weighted by atomic mass is 10.1. The van der Waals surface area contributed by atoms with Gasteiger partial charge in [0.25, 0.3) is 0 Å². The number of hydrogen-bond donors (Lipinski definition) is 1. The molecule has 6 nitrogen and oxygen atoms in total. The first kappa shape index (κ1) is 15.3. The highest BCUT2D eigenvalue weighted by Gasteiger charge is 2.09. The van der Waals surface area contributed by atoms with E-state index in [2.05, 4.69) is 29.4 Å². The fourth-order valence-electron chi connectivity index (χ4n) is 2.35. The third kappa shape index (κ3) is 3.43. The van der Waals surface area contributed by atoms with Gasteiger partial charge < -0.3 is 15.0 Å². The molecule has 3 rings (SSSR count). The monoisotopic (exact) mass is 311 g/mol. The minimum absolute atomic E-state index is 0.837. The summed E-state index contributed by atoms with van der Waals surface area (Å²) in [6, 6.07) is 9.86. The molecule has 120 valence electrons. The van der Waals surface area contributed by atoms with Gasteiger partial charge in [-0.15, -0.1) is 0 Å². The normalized spacial score (nSPS) is 11.1. The van der Waals surface area contributed by atoms with Crippen LogP contribution in [0.2, 0.25) is 0 Å². The Labute approximate surface area is 135 Å². The molecule has 0 saturated heterocycles. The van der Waals surface area contributed by atoms with Gasteiger partial charge in [-0.05, 0) is 37.9 Å². The van der Waals surface area contributed by atoms with Gasteiger partial charge in [-0.1, -0.05) is 12.1 Å². The molecule has 2 aromatic heterocycles. The van der Waals surface area contributed by atoms with Crippen molar-refractivity contribution in [3.8, 4) is 16.9 Å². The third-order valence-corrected chi connectivity index (χ3v) is 3.64. The van der Waals surface area contributed by atoms with Crippen molar-refractivity contribution in [2.75, 3.05) is 39.6 Å². The molecule has 0 spiro atoms. The number of benzene rings is 1. The van der Waals surface area contributed by atoms with Crippen LogP contribution in [0.15, 0.2) is 42.7 Å². The number of hydrogen-bond acceptors (Lipinski definition) is 5. The third-order valence-electron chi connectivity index (χ3n) is 3.64. The van der Waals surface area contributed by atoms with E-state index in [0.717, 1.165) is 41.4 Å². The SMILES string of the molecule is COc1ccc(-c2cnn3ccc(NCCN(C)C)nc23)cc1. The molecule has 0 bridgehead atoms. The summed E-state index contributed by atoms with van der Waals surface area (Å²) in [5, 5.41) is 7.72. The summed E-state index contributed by atoms with van der Waals surface area (Å²) in [5.74, 6) is 1.69. The van der Waals surface area contributed by atoms with Crippen molar-refractivity contribution >= 4 is 11.5 Å². The zero-order valence-corrected chi connectivity index (χ0v) is 13.7. The Balaban J connectivity index is 1.88. The number of fused-ring (bicyclic) bond motifs is 1. The van der Waals surface area contributed by atoms with Gasteiger partial charge in [-0.3, -0.25) is 0 Å². The van der Waals surface area contributed by atoms with Gasteiger partial charge in [0.15, 0.2) is 5.65 Å². The molecule has 0 atom stereocenters. The fraction of sp³-hybridized carbons (Fsp3) is 0.294. The maximum absolute atomic E-state index is 5.21. The quantitative estimate of drug-likeness (QED) is 0.757. The molecule has 23 heavy (non-hydrogen) atoms. The lowest BCUT2D eigenvalue weighted by Crippen LogP contribution is -2.21. The van der Waals surface area contributed by atoms with Crippen LogP contribution in [0.5, 0.6) is 5.75 Å². The van der Waals surface area contributed by atoms with Crippen LogP contribution in [0.4, 0.5) is 5.82 Å². The highest BCUT2D eigenvalue weighted by atomic mass is 16.5. The zero-order chi connectivity index (χ0) is 16.2. The number of aromatic nitrogens is 3. The van der Waals surface area contributed by atoms with Gasteiger partial charge in [0.05, 0.1) is 13.3 Å². The van der Waals surface area contributed by atoms with Gasteiger partial charge >= 0.3 is 0 Å². The van der Waals surface area contributed by atoms with E-state index in [1.54, 1.807) is 11.6 Å². The number of methoxy groups -OCH3 is 1. The smallest absolute Gasteiger partial charge is 0.165 e. The molecule has 1 N–H and O–H groups in total. The van der Waals surface area contributed by atoms with Crippen LogP contribution in [0.3, 0.4) is 0 Å². The Kier molecular flexibility index (Phi) is 4.43. The molecule has 3 aromatic rings. The molecule has 0 amide bonds. The van der Waals surface area contributed by atoms with Crippen LogP contribution in [-0.2, 0) is 0 Å². The average molecular weight is 311 g/mol. The standard InChI is InChI=1S/C17H21N5O/c1-21(2)11-9-18-16-8-10-22-17(20-16)15(12-19-22)13-4-6-14(23-3)7-5-13/h4-8,10,12H,9,11H2,1-3H3,(H,18,20). The van der Waals surface area contributed by atoms with E-state index in [-0.39, 0.29) is 0 Å². The van der Waals surface area contributed by atoms with Crippen LogP contribution in [0.1, 0.15) is 0 Å². The molecule has 0 aliphatic carbocycles. The molecule has 0 aliphatic rings. The molecule has 2 heterocycles. The van der Waals surface area contributed by atoms with Gasteiger partial charge in [0.2, 0.25) is 0 Å². The topological polar surface area (TPSA) is 54.7 Å². The Morgan fingerprint density at radius 2 is 1.96 bits per heavy atom. The second kappa shape index (κ2) is 6.66. The molecule has 0 unspecified atom stereocenters. The number of nitrogens with zero attached hydrogens (tertiary/aromatic N) is 4. The molecular weight excluding hydrogens is 290 g/mol. The van der Waals surface area contributed by atoms with Crippen LogP contribution in [-0.4, -0.2) is 53.8 Å². The number of likely N-dealkylation sites (N-methyl/N-ethyl adjacent to an activating group) is 1. The van der Waals surface area contributed by atoms with Crippen molar-refractivity contribution in [2.45, 2.75) is 0 Å². The van der Waals surface area contributed by atoms with Crippen molar-refractivity contribution in [1.29, 1.82) is 0 Å². The summed E-state index contributed by atoms with van der Waals surface area (Å²) in [4.78, 5) is 6.82. The Morgan fingerprint density at radius 3 is 2.65 bits per heavy atom. The molecule has 0 saturated carbocycles. The molecule has 6 heteroatoms. The highest BCUT2D eigenvalue weighted by molar-refractivity contribution is 5.77. The number of ether oxygens (including phenoxy) is 1. The minimum atomic E-state index is 0.837. The summed E-state index contributed by atoms with van der Waals surface area (Å²) < 4.78 is 6.99. The van der Waals surface area contributed by atoms with Gasteiger partial charge in [-0.25, -0.2) is 9.50 Å². The van der Waals surface area contributed by atoms with E-state index < -0.39 is 0 Å². The van der Waals surface area contributed by atoms with Crippen molar-refractivity contribution in [1.82, 2.24) is 19.5 Å². The van der Waals surface area contributed by atoms with Gasteiger partial charge in [0.1, 0.15) is 11.6 Å². The highest BCUT2D eigenvalue weighted by Crippen LogP contribution is 2.25. The Bertz CT molecular complexity index is 779. The predicted octanol–water partition coefficient (Wildman–Crippen LogP) is 2.38. The summed E-state index contributed by atoms with van der Waals surface area (Å²) in [6.07, 6.45) is 3.76. The second-order valence-electron chi connectivity index (χ2n) is 5.60. The summed E-state index contributed by atoms with van der Waals surface area (Å²) in [5.41, 5.74) is 2.91. The van der Waals surface area contributed by atoms with E-state index in [1.165, 1.54) is 0 Å². The van der Waals surface area contributed by atoms with E-state index in [1.807, 2.05) is 42.7 Å². The first-order valence-electron chi connectivity index (χ1n) is 7.55. The maximum Gasteiger partial charge on any atom is 0.165 e. The molecule has 1 aromatic carbocycles. The van der Waals surface area contributed by atoms with E-state index >= 15 is 0 Å². The molecule has 0 fully saturated rings. The van der Waals surface area contributed by atoms with Crippen molar-refractivity contribution in [2.24, 2.45) is 0 Å². The first-order valence-corrected chi connectivity index (χ1v) is 7.55. The minimum Gasteiger partial charge on any atom is -0.497 e. The zero-order valence-electron chi connectivity index (χ0n) is 13.7. The lowest BCUT2D eigenvalue weighted by Gasteiger charge is -2.11. The summed E-state index contributed by atoms with van der Waals surface area (Å²) in [6.45, 7) is 1.81. The average Bonchev–Trinajstić information content (AvgIpc) is 2.98. The summed E-state index contributed by atoms with van der Waals surface area (Å²) >= 11 is 0. The van der Waals surface area contributed by atoms with Crippen LogP contribution in [0, 0.1) is 0 Å². The second-order valence-corrected chi connectivity index (χ2v) is 5.60. The van der Waals surface area contributed by atoms with Crippen molar-refractivity contribution < 1.29 is 4.74 Å². The van der Waals surface area contributed by atoms with Gasteiger partial charge in [-0.2, -0.15) is 5.10 Å². The molecular formula is C17H21N5O. The number of nitrogens with one attached hydrogen (secondary N) is 1. The first-order chi connectivity index (χ1) is 11.2. The van der Waals surface area contributed by atoms with Crippen molar-refractivity contribution in [3.05, 3.63) is 42.7 Å². The lowest BCUT2D eigenvalue weighted by molar-refractivity contribution is 0.415. The van der Waals surface area contributed by atoms with Crippen LogP contribution < -0.4 is 10.1 Å². The molecule has 0 aliphatic heterocycles. The predicted molar refractivity (Wildman–Crippen MR) is 92.0 cm³/mol. The number of rotatable bonds is 6. The summed E-state index contributed by atoms with van der Waals surface area (Å²) in [7, 11) is 5.77. The van der Waals surface area contributed by atoms with E-state index in [0.29, 0.717) is 0 Å². The van der Waals surface area contributed by atoms with Crippen molar-refractivity contribution in [3.63, 3.8) is 0 Å². The van der Waals surface area contributed by atoms with E-state index in [9.17, 15) is 0 Å². The Morgan fingerprint density at radius 1 is 1.17 bits per heavy atom. The van der Waals surface area contributed by atoms with E-state index in [4.69, 9.17) is 9.72 Å². The Hall–Kier alpha value is -2.60. The molecule has 0 radical (unpaired) electrons. The fourth-order valence-corrected chi connectivity index (χ4v) is 2.35. The number of anilines is 1. The van der Waals surface area contributed by atoms with Gasteiger partial charge in [0, 0.05) is 24.8 Å².